The van der Waals surface area contributed by atoms with Crippen molar-refractivity contribution in [3.05, 3.63) is 0 Å². The van der Waals surface area contributed by atoms with E-state index in [4.69, 9.17) is 50.9 Å². The highest BCUT2D eigenvalue weighted by molar-refractivity contribution is 7.46. The van der Waals surface area contributed by atoms with Gasteiger partial charge in [-0.2, -0.15) is 0 Å². The summed E-state index contributed by atoms with van der Waals surface area (Å²) in [5.74, 6) is -1.14. The minimum absolute atomic E-state index is 0.470. The number of hydrogen-bond acceptors (Lipinski definition) is 13. The van der Waals surface area contributed by atoms with Crippen LogP contribution in [0.1, 0.15) is 0 Å². The van der Waals surface area contributed by atoms with Crippen molar-refractivity contribution in [1.29, 1.82) is 0 Å². The summed E-state index contributed by atoms with van der Waals surface area (Å²) in [7, 11) is -4.81. The van der Waals surface area contributed by atoms with E-state index in [1.807, 2.05) is 0 Å². The molecule has 1 aliphatic rings. The third kappa shape index (κ3) is 8.81. The van der Waals surface area contributed by atoms with E-state index in [1.165, 1.54) is 0 Å². The molecule has 0 amide bonds. The lowest BCUT2D eigenvalue weighted by atomic mass is 9.98. The predicted molar refractivity (Wildman–Crippen MR) is 86.1 cm³/mol. The Morgan fingerprint density at radius 2 is 1.64 bits per heavy atom. The zero-order chi connectivity index (χ0) is 22.2. The van der Waals surface area contributed by atoms with Gasteiger partial charge in [-0.05, 0) is 0 Å². The fraction of sp³-hybridized carbons (Fsp3) is 0.917. The maximum Gasteiger partial charge on any atom is 0.469 e. The molecule has 16 heteroatoms. The summed E-state index contributed by atoms with van der Waals surface area (Å²) in [4.78, 5) is 27.2. The molecule has 1 unspecified atom stereocenters. The van der Waals surface area contributed by atoms with Gasteiger partial charge < -0.3 is 61.1 Å². The van der Waals surface area contributed by atoms with Gasteiger partial charge in [-0.1, -0.05) is 0 Å². The van der Waals surface area contributed by atoms with Gasteiger partial charge in [-0.15, -0.1) is 0 Å². The summed E-state index contributed by atoms with van der Waals surface area (Å²) >= 11 is 0. The summed E-state index contributed by atoms with van der Waals surface area (Å²) in [6.45, 7) is -2.48. The molecular formula is C12H26NO14P. The van der Waals surface area contributed by atoms with E-state index in [-0.39, 0.29) is 0 Å². The number of aliphatic hydroxyl groups excluding tert-OH is 8. The first-order chi connectivity index (χ1) is 12.8. The average molecular weight is 439 g/mol. The van der Waals surface area contributed by atoms with E-state index in [0.717, 1.165) is 0 Å². The van der Waals surface area contributed by atoms with Crippen molar-refractivity contribution in [2.75, 3.05) is 19.8 Å². The molecule has 15 nitrogen and oxygen atoms in total. The Balaban J connectivity index is 0.000000540. The molecule has 1 aliphatic heterocycles. The molecule has 0 aromatic carbocycles. The molecule has 0 aromatic rings. The van der Waals surface area contributed by atoms with Crippen LogP contribution in [-0.4, -0.2) is 125 Å². The van der Waals surface area contributed by atoms with Crippen LogP contribution in [0.25, 0.3) is 0 Å². The lowest BCUT2D eigenvalue weighted by Gasteiger charge is -2.38. The number of nitrogens with two attached hydrogens (primary N) is 1. The molecular weight excluding hydrogens is 413 g/mol. The molecule has 0 spiro atoms. The smallest absolute Gasteiger partial charge is 0.394 e. The molecule has 28 heavy (non-hydrogen) atoms. The Morgan fingerprint density at radius 1 is 1.11 bits per heavy atom. The second-order valence-electron chi connectivity index (χ2n) is 5.72. The second-order valence-corrected chi connectivity index (χ2v) is 6.96. The van der Waals surface area contributed by atoms with E-state index in [9.17, 15) is 19.6 Å². The van der Waals surface area contributed by atoms with Gasteiger partial charge in [0.25, 0.3) is 0 Å². The molecule has 12 N–H and O–H groups in total. The van der Waals surface area contributed by atoms with E-state index in [2.05, 4.69) is 4.52 Å². The predicted octanol–water partition coefficient (Wildman–Crippen LogP) is -6.52. The first-order valence-corrected chi connectivity index (χ1v) is 9.23. The second kappa shape index (κ2) is 12.2. The Morgan fingerprint density at radius 3 is 2.07 bits per heavy atom. The summed E-state index contributed by atoms with van der Waals surface area (Å²) in [5.41, 5.74) is 5.26. The van der Waals surface area contributed by atoms with Gasteiger partial charge in [0.05, 0.1) is 19.3 Å². The summed E-state index contributed by atoms with van der Waals surface area (Å²) in [6.07, 6.45) is -10.8. The molecule has 1 fully saturated rings. The van der Waals surface area contributed by atoms with Crippen molar-refractivity contribution in [2.45, 2.75) is 49.0 Å². The zero-order valence-corrected chi connectivity index (χ0v) is 15.3. The van der Waals surface area contributed by atoms with Gasteiger partial charge in [0, 0.05) is 0 Å². The maximum absolute atomic E-state index is 10.7. The van der Waals surface area contributed by atoms with Crippen LogP contribution < -0.4 is 5.73 Å². The summed E-state index contributed by atoms with van der Waals surface area (Å²) in [6, 6.07) is -1.04. The van der Waals surface area contributed by atoms with Crippen molar-refractivity contribution in [3.8, 4) is 0 Å². The van der Waals surface area contributed by atoms with Crippen LogP contribution in [0, 0.1) is 0 Å². The van der Waals surface area contributed by atoms with Crippen molar-refractivity contribution >= 4 is 13.6 Å². The number of ether oxygens (including phenoxy) is 1. The van der Waals surface area contributed by atoms with E-state index in [0.29, 0.717) is 0 Å². The first kappa shape index (κ1) is 27.4. The zero-order valence-electron chi connectivity index (χ0n) is 14.4. The van der Waals surface area contributed by atoms with Crippen LogP contribution in [0.4, 0.5) is 0 Å². The van der Waals surface area contributed by atoms with Crippen LogP contribution >= 0.6 is 7.82 Å². The number of hydrogen-bond donors (Lipinski definition) is 11. The highest BCUT2D eigenvalue weighted by atomic mass is 31.2. The number of Topliss-reactive ketones (excluding diaryl/α,β-unsaturated/α-hetero) is 1. The van der Waals surface area contributed by atoms with Gasteiger partial charge in [-0.25, -0.2) is 4.57 Å². The van der Waals surface area contributed by atoms with Crippen LogP contribution in [0.5, 0.6) is 0 Å². The van der Waals surface area contributed by atoms with E-state index in [1.54, 1.807) is 0 Å². The lowest BCUT2D eigenvalue weighted by Crippen LogP contribution is -2.61. The Bertz CT molecular complexity index is 512. The standard InChI is InChI=1S/C6H13NO5.C6H13O9P/c7-3-5(10)4(9)2(1-8)12-6(3)11;7-1-3(8)5(10)6(11)4(9)2-15-16(12,13)14/h2-6,8-11H,1,7H2;4-7,9-11H,1-2H2,(H2,12,13,14)/t2-,3-,4-,5-,6?;4-,5-,6-/m11/s1. The largest absolute Gasteiger partial charge is 0.469 e. The molecule has 168 valence electrons. The number of phosphoric acid groups is 1. The third-order valence-electron chi connectivity index (χ3n) is 3.57. The monoisotopic (exact) mass is 439 g/mol. The third-order valence-corrected chi connectivity index (χ3v) is 4.05. The minimum Gasteiger partial charge on any atom is -0.394 e. The summed E-state index contributed by atoms with van der Waals surface area (Å²) < 4.78 is 18.8. The van der Waals surface area contributed by atoms with Crippen LogP contribution in [0.2, 0.25) is 0 Å². The SMILES string of the molecule is N[C@H]1C(O)O[C@H](CO)[C@@H](O)[C@@H]1O.O=C(CO)[C@@H](O)[C@H](O)[C@H](O)COP(=O)(O)O. The molecule has 0 bridgehead atoms. The lowest BCUT2D eigenvalue weighted by molar-refractivity contribution is -0.248. The fourth-order valence-electron chi connectivity index (χ4n) is 1.88. The molecule has 1 heterocycles. The highest BCUT2D eigenvalue weighted by Crippen LogP contribution is 2.35. The highest BCUT2D eigenvalue weighted by Gasteiger charge is 2.41. The van der Waals surface area contributed by atoms with Gasteiger partial charge >= 0.3 is 7.82 Å². The van der Waals surface area contributed by atoms with Gasteiger partial charge in [0.1, 0.15) is 43.2 Å². The number of carbonyl (C=O) groups is 1. The molecule has 1 saturated heterocycles. The molecule has 0 aliphatic carbocycles. The molecule has 8 atom stereocenters. The van der Waals surface area contributed by atoms with Crippen molar-refractivity contribution in [2.24, 2.45) is 5.73 Å². The Labute approximate surface area is 158 Å². The quantitative estimate of drug-likeness (QED) is 0.157. The van der Waals surface area contributed by atoms with Gasteiger partial charge in [-0.3, -0.25) is 9.32 Å². The number of phosphoric ester groups is 1. The topological polar surface area (TPSA) is 281 Å². The average Bonchev–Trinajstić information content (AvgIpc) is 2.65. The van der Waals surface area contributed by atoms with Crippen LogP contribution in [0.15, 0.2) is 0 Å². The van der Waals surface area contributed by atoms with E-state index < -0.39 is 82.4 Å². The minimum atomic E-state index is -4.81. The van der Waals surface area contributed by atoms with Crippen LogP contribution in [-0.2, 0) is 18.6 Å². The molecule has 0 radical (unpaired) electrons. The number of ketones is 1. The Hall–Kier alpha value is -0.620. The van der Waals surface area contributed by atoms with Crippen LogP contribution in [0.3, 0.4) is 0 Å². The summed E-state index contributed by atoms with van der Waals surface area (Å²) in [5, 5.41) is 71.6. The number of aliphatic hydroxyl groups is 8. The van der Waals surface area contributed by atoms with E-state index >= 15 is 0 Å². The normalized spacial score (nSPS) is 31.3. The molecule has 0 saturated carbocycles. The fourth-order valence-corrected chi connectivity index (χ4v) is 2.23. The van der Waals surface area contributed by atoms with Gasteiger partial charge in [0.15, 0.2) is 12.1 Å². The Kier molecular flexibility index (Phi) is 11.9. The van der Waals surface area contributed by atoms with Crippen molar-refractivity contribution < 1.29 is 69.3 Å². The molecule has 1 rings (SSSR count). The molecule has 0 aromatic heterocycles. The van der Waals surface area contributed by atoms with Crippen molar-refractivity contribution in [1.82, 2.24) is 0 Å². The van der Waals surface area contributed by atoms with Gasteiger partial charge in [0.2, 0.25) is 0 Å². The van der Waals surface area contributed by atoms with Crippen molar-refractivity contribution in [3.63, 3.8) is 0 Å². The number of carbonyl (C=O) groups excluding carboxylic acids is 1. The first-order valence-electron chi connectivity index (χ1n) is 7.70. The number of rotatable bonds is 8. The maximum atomic E-state index is 10.7.